The van der Waals surface area contributed by atoms with E-state index >= 15 is 0 Å². The van der Waals surface area contributed by atoms with Crippen LogP contribution >= 0.6 is 0 Å². The average molecular weight is 689 g/mol. The predicted octanol–water partition coefficient (Wildman–Crippen LogP) is 12.8. The smallest absolute Gasteiger partial charge is 0.160 e. The van der Waals surface area contributed by atoms with Crippen LogP contribution in [0.4, 0.5) is 0 Å². The van der Waals surface area contributed by atoms with Crippen molar-refractivity contribution >= 4 is 10.9 Å². The number of ether oxygens (including phenoxy) is 1. The van der Waals surface area contributed by atoms with E-state index in [0.29, 0.717) is 5.82 Å². The largest absolute Gasteiger partial charge is 0.457 e. The van der Waals surface area contributed by atoms with Crippen LogP contribution in [0.3, 0.4) is 0 Å². The first kappa shape index (κ1) is 30.5. The molecule has 1 aliphatic carbocycles. The third-order valence-corrected chi connectivity index (χ3v) is 11.2. The molecule has 0 bridgehead atoms. The lowest BCUT2D eigenvalue weighted by atomic mass is 9.66. The fraction of sp³-hybridized carbons (Fsp3) is 0.0196. The summed E-state index contributed by atoms with van der Waals surface area (Å²) in [6.07, 6.45) is 0. The summed E-state index contributed by atoms with van der Waals surface area (Å²) in [5, 5.41) is 1.03. The van der Waals surface area contributed by atoms with Gasteiger partial charge in [-0.15, -0.1) is 0 Å². The van der Waals surface area contributed by atoms with E-state index in [4.69, 9.17) is 14.7 Å². The molecule has 54 heavy (non-hydrogen) atoms. The molecule has 0 saturated carbocycles. The van der Waals surface area contributed by atoms with Gasteiger partial charge in [-0.1, -0.05) is 176 Å². The van der Waals surface area contributed by atoms with Crippen LogP contribution in [0, 0.1) is 0 Å². The lowest BCUT2D eigenvalue weighted by Gasteiger charge is -2.39. The monoisotopic (exact) mass is 688 g/mol. The molecule has 3 nitrogen and oxygen atoms in total. The molecule has 252 valence electrons. The van der Waals surface area contributed by atoms with Crippen molar-refractivity contribution in [2.45, 2.75) is 5.41 Å². The Morgan fingerprint density at radius 1 is 0.352 bits per heavy atom. The highest BCUT2D eigenvalue weighted by Gasteiger charge is 2.51. The third kappa shape index (κ3) is 4.49. The highest BCUT2D eigenvalue weighted by atomic mass is 16.5. The van der Waals surface area contributed by atoms with Gasteiger partial charge in [0.05, 0.1) is 16.6 Å². The van der Waals surface area contributed by atoms with E-state index in [2.05, 4.69) is 182 Å². The summed E-state index contributed by atoms with van der Waals surface area (Å²) in [4.78, 5) is 10.2. The molecular weight excluding hydrogens is 657 g/mol. The summed E-state index contributed by atoms with van der Waals surface area (Å²) in [7, 11) is 0. The maximum atomic E-state index is 6.54. The second kappa shape index (κ2) is 12.0. The molecule has 0 saturated heterocycles. The van der Waals surface area contributed by atoms with Crippen LogP contribution in [0.15, 0.2) is 194 Å². The number of para-hydroxylation sites is 3. The summed E-state index contributed by atoms with van der Waals surface area (Å²) in [6.45, 7) is 0. The second-order valence-electron chi connectivity index (χ2n) is 14.1. The Labute approximate surface area is 313 Å². The number of fused-ring (bicyclic) bond motifs is 10. The molecule has 11 rings (SSSR count). The molecule has 0 amide bonds. The second-order valence-corrected chi connectivity index (χ2v) is 14.1. The standard InChI is InChI=1S/C51H32N2O/c1-2-13-33(14-3-1)34-25-31-37(32-26-34)50-52-45-22-9-5-16-40(45)49(53-50)36-29-27-35(28-30-36)38-17-12-21-44-48(38)39-15-4-6-18-41(39)51(44)42-19-7-10-23-46(42)54-47-24-11-8-20-43(47)51/h1-32H. The zero-order valence-corrected chi connectivity index (χ0v) is 29.3. The molecule has 9 aromatic rings. The first-order chi connectivity index (χ1) is 26.8. The lowest BCUT2D eigenvalue weighted by molar-refractivity contribution is 0.436. The molecule has 8 aromatic carbocycles. The summed E-state index contributed by atoms with van der Waals surface area (Å²) in [5.74, 6) is 2.52. The molecule has 2 heterocycles. The zero-order chi connectivity index (χ0) is 35.6. The van der Waals surface area contributed by atoms with E-state index in [9.17, 15) is 0 Å². The Balaban J connectivity index is 1.04. The first-order valence-electron chi connectivity index (χ1n) is 18.4. The van der Waals surface area contributed by atoms with E-state index < -0.39 is 5.41 Å². The van der Waals surface area contributed by atoms with Crippen LogP contribution in [0.1, 0.15) is 22.3 Å². The summed E-state index contributed by atoms with van der Waals surface area (Å²) in [5.41, 5.74) is 15.5. The SMILES string of the molecule is c1ccc(-c2ccc(-c3nc(-c4ccc(-c5cccc6c5-c5ccccc5C65c6ccccc6Oc6ccccc65)cc4)c4ccccc4n3)cc2)cc1. The Morgan fingerprint density at radius 2 is 0.889 bits per heavy atom. The van der Waals surface area contributed by atoms with Crippen molar-refractivity contribution in [1.29, 1.82) is 0 Å². The van der Waals surface area contributed by atoms with Gasteiger partial charge in [-0.2, -0.15) is 0 Å². The minimum atomic E-state index is -0.497. The lowest BCUT2D eigenvalue weighted by Crippen LogP contribution is -2.32. The number of hydrogen-bond donors (Lipinski definition) is 0. The van der Waals surface area contributed by atoms with Gasteiger partial charge in [-0.25, -0.2) is 9.97 Å². The van der Waals surface area contributed by atoms with Crippen molar-refractivity contribution < 1.29 is 4.74 Å². The Kier molecular flexibility index (Phi) is 6.77. The fourth-order valence-electron chi connectivity index (χ4n) is 8.82. The van der Waals surface area contributed by atoms with Crippen molar-refractivity contribution in [3.05, 3.63) is 216 Å². The van der Waals surface area contributed by atoms with Gasteiger partial charge in [-0.3, -0.25) is 0 Å². The Morgan fingerprint density at radius 3 is 1.65 bits per heavy atom. The highest BCUT2D eigenvalue weighted by Crippen LogP contribution is 2.63. The van der Waals surface area contributed by atoms with E-state index in [1.807, 2.05) is 12.1 Å². The first-order valence-corrected chi connectivity index (χ1v) is 18.4. The highest BCUT2D eigenvalue weighted by molar-refractivity contribution is 5.98. The van der Waals surface area contributed by atoms with Gasteiger partial charge in [-0.05, 0) is 62.7 Å². The van der Waals surface area contributed by atoms with Crippen LogP contribution in [-0.4, -0.2) is 9.97 Å². The minimum Gasteiger partial charge on any atom is -0.457 e. The molecule has 2 aliphatic rings. The molecule has 1 aliphatic heterocycles. The van der Waals surface area contributed by atoms with Gasteiger partial charge in [0, 0.05) is 27.6 Å². The van der Waals surface area contributed by atoms with Crippen molar-refractivity contribution in [1.82, 2.24) is 9.97 Å². The maximum absolute atomic E-state index is 6.54. The van der Waals surface area contributed by atoms with Crippen LogP contribution in [0.25, 0.3) is 66.9 Å². The van der Waals surface area contributed by atoms with E-state index in [0.717, 1.165) is 44.8 Å². The molecule has 0 fully saturated rings. The fourth-order valence-corrected chi connectivity index (χ4v) is 8.82. The molecule has 1 aromatic heterocycles. The molecule has 3 heteroatoms. The van der Waals surface area contributed by atoms with Gasteiger partial charge in [0.2, 0.25) is 0 Å². The molecule has 0 radical (unpaired) electrons. The number of benzene rings is 8. The van der Waals surface area contributed by atoms with Crippen LogP contribution in [0.5, 0.6) is 11.5 Å². The van der Waals surface area contributed by atoms with Crippen molar-refractivity contribution in [3.8, 4) is 67.5 Å². The normalized spacial score (nSPS) is 13.1. The van der Waals surface area contributed by atoms with Gasteiger partial charge in [0.25, 0.3) is 0 Å². The van der Waals surface area contributed by atoms with E-state index in [-0.39, 0.29) is 0 Å². The van der Waals surface area contributed by atoms with Crippen molar-refractivity contribution in [2.24, 2.45) is 0 Å². The molecule has 1 spiro atoms. The molecule has 0 unspecified atom stereocenters. The predicted molar refractivity (Wildman–Crippen MR) is 219 cm³/mol. The van der Waals surface area contributed by atoms with Gasteiger partial charge in [0.1, 0.15) is 11.5 Å². The summed E-state index contributed by atoms with van der Waals surface area (Å²) < 4.78 is 6.54. The Hall–Kier alpha value is -7.10. The minimum absolute atomic E-state index is 0.497. The third-order valence-electron chi connectivity index (χ3n) is 11.2. The van der Waals surface area contributed by atoms with Gasteiger partial charge in [0.15, 0.2) is 5.82 Å². The number of hydrogen-bond acceptors (Lipinski definition) is 3. The van der Waals surface area contributed by atoms with Gasteiger partial charge >= 0.3 is 0 Å². The Bertz CT molecular complexity index is 2850. The van der Waals surface area contributed by atoms with Gasteiger partial charge < -0.3 is 4.74 Å². The van der Waals surface area contributed by atoms with Crippen molar-refractivity contribution in [2.75, 3.05) is 0 Å². The quantitative estimate of drug-likeness (QED) is 0.185. The zero-order valence-electron chi connectivity index (χ0n) is 29.3. The molecule has 0 atom stereocenters. The van der Waals surface area contributed by atoms with Crippen LogP contribution in [0.2, 0.25) is 0 Å². The number of rotatable bonds is 4. The average Bonchev–Trinajstić information content (AvgIpc) is 3.54. The summed E-state index contributed by atoms with van der Waals surface area (Å²) >= 11 is 0. The molecular formula is C51H32N2O. The van der Waals surface area contributed by atoms with Crippen LogP contribution < -0.4 is 4.74 Å². The number of aromatic nitrogens is 2. The summed E-state index contributed by atoms with van der Waals surface area (Å²) in [6, 6.07) is 68.9. The van der Waals surface area contributed by atoms with E-state index in [1.165, 1.54) is 50.1 Å². The molecule has 0 N–H and O–H groups in total. The van der Waals surface area contributed by atoms with Crippen molar-refractivity contribution in [3.63, 3.8) is 0 Å². The topological polar surface area (TPSA) is 35.0 Å². The van der Waals surface area contributed by atoms with Crippen LogP contribution in [-0.2, 0) is 5.41 Å². The number of nitrogens with zero attached hydrogens (tertiary/aromatic N) is 2. The maximum Gasteiger partial charge on any atom is 0.160 e. The van der Waals surface area contributed by atoms with E-state index in [1.54, 1.807) is 0 Å².